The van der Waals surface area contributed by atoms with Gasteiger partial charge in [0, 0.05) is 0 Å². The average Bonchev–Trinajstić information content (AvgIpc) is 3.21. The molecule has 0 saturated carbocycles. The number of sulfone groups is 1. The van der Waals surface area contributed by atoms with E-state index in [0.29, 0.717) is 17.0 Å². The maximum absolute atomic E-state index is 13.2. The van der Waals surface area contributed by atoms with Gasteiger partial charge >= 0.3 is 0 Å². The van der Waals surface area contributed by atoms with Gasteiger partial charge in [-0.15, -0.1) is 11.3 Å². The Morgan fingerprint density at radius 2 is 1.79 bits per heavy atom. The molecule has 0 aliphatic carbocycles. The van der Waals surface area contributed by atoms with Gasteiger partial charge < -0.3 is 10.4 Å². The number of fused-ring (bicyclic) bond motifs is 1. The number of hydrogen-bond donors (Lipinski definition) is 2. The molecule has 0 aliphatic heterocycles. The summed E-state index contributed by atoms with van der Waals surface area (Å²) >= 11 is 1.39. The number of hydrogen-bond acceptors (Lipinski definition) is 7. The number of aromatic nitrogens is 1. The Morgan fingerprint density at radius 3 is 2.42 bits per heavy atom. The standard InChI is InChI=1S/C24H31N3O4S2/c1-4-10-19(22(28)24-26-18-13-8-9-14-21(18)32-24)25-23(29)20(27(2)3)16-33(30,31)15-17-11-6-5-7-12-17/h5-9,11-14,19-20,22,28H,4,10,15-16H2,1-3H3,(H,25,29). The third-order valence-corrected chi connectivity index (χ3v) is 8.14. The van der Waals surface area contributed by atoms with Crippen LogP contribution in [-0.2, 0) is 20.4 Å². The predicted molar refractivity (Wildman–Crippen MR) is 133 cm³/mol. The summed E-state index contributed by atoms with van der Waals surface area (Å²) in [6.45, 7) is 1.97. The fourth-order valence-corrected chi connectivity index (χ4v) is 6.44. The number of nitrogens with zero attached hydrogens (tertiary/aromatic N) is 2. The number of rotatable bonds is 11. The Bertz CT molecular complexity index is 1130. The first kappa shape index (κ1) is 25.3. The molecule has 1 amide bonds. The van der Waals surface area contributed by atoms with Gasteiger partial charge in [0.2, 0.25) is 5.91 Å². The van der Waals surface area contributed by atoms with Crippen molar-refractivity contribution >= 4 is 37.3 Å². The highest BCUT2D eigenvalue weighted by Crippen LogP contribution is 2.29. The minimum absolute atomic E-state index is 0.127. The highest BCUT2D eigenvalue weighted by Gasteiger charge is 2.32. The van der Waals surface area contributed by atoms with E-state index in [0.717, 1.165) is 16.6 Å². The molecule has 2 aromatic carbocycles. The molecule has 7 nitrogen and oxygen atoms in total. The Morgan fingerprint density at radius 1 is 1.12 bits per heavy atom. The van der Waals surface area contributed by atoms with Crippen molar-refractivity contribution in [1.29, 1.82) is 0 Å². The average molecular weight is 490 g/mol. The van der Waals surface area contributed by atoms with Gasteiger partial charge in [-0.2, -0.15) is 0 Å². The van der Waals surface area contributed by atoms with Crippen LogP contribution < -0.4 is 5.32 Å². The van der Waals surface area contributed by atoms with Crippen molar-refractivity contribution in [2.75, 3.05) is 19.8 Å². The number of aliphatic hydroxyl groups excluding tert-OH is 1. The zero-order valence-electron chi connectivity index (χ0n) is 19.1. The van der Waals surface area contributed by atoms with E-state index >= 15 is 0 Å². The molecule has 3 atom stereocenters. The second-order valence-electron chi connectivity index (χ2n) is 8.39. The second kappa shape index (κ2) is 11.2. The first-order valence-electron chi connectivity index (χ1n) is 10.9. The lowest BCUT2D eigenvalue weighted by Crippen LogP contribution is -2.51. The zero-order valence-corrected chi connectivity index (χ0v) is 20.8. The Balaban J connectivity index is 1.74. The van der Waals surface area contributed by atoms with E-state index in [1.54, 1.807) is 43.3 Å². The van der Waals surface area contributed by atoms with Gasteiger partial charge in [-0.1, -0.05) is 55.8 Å². The van der Waals surface area contributed by atoms with E-state index < -0.39 is 33.9 Å². The minimum atomic E-state index is -3.54. The number of thiazole rings is 1. The monoisotopic (exact) mass is 489 g/mol. The first-order chi connectivity index (χ1) is 15.7. The van der Waals surface area contributed by atoms with Gasteiger partial charge in [0.15, 0.2) is 9.84 Å². The molecule has 178 valence electrons. The molecule has 33 heavy (non-hydrogen) atoms. The van der Waals surface area contributed by atoms with E-state index in [4.69, 9.17) is 0 Å². The van der Waals surface area contributed by atoms with Crippen molar-refractivity contribution < 1.29 is 18.3 Å². The number of carbonyl (C=O) groups is 1. The van der Waals surface area contributed by atoms with E-state index in [9.17, 15) is 18.3 Å². The molecule has 0 bridgehead atoms. The van der Waals surface area contributed by atoms with Crippen molar-refractivity contribution in [3.63, 3.8) is 0 Å². The van der Waals surface area contributed by atoms with Crippen molar-refractivity contribution in [3.8, 4) is 0 Å². The normalized spacial score (nSPS) is 14.8. The predicted octanol–water partition coefficient (Wildman–Crippen LogP) is 3.16. The summed E-state index contributed by atoms with van der Waals surface area (Å²) < 4.78 is 26.6. The molecule has 0 fully saturated rings. The summed E-state index contributed by atoms with van der Waals surface area (Å²) in [7, 11) is -0.174. The summed E-state index contributed by atoms with van der Waals surface area (Å²) in [5.74, 6) is -0.857. The minimum Gasteiger partial charge on any atom is -0.384 e. The summed E-state index contributed by atoms with van der Waals surface area (Å²) in [6, 6.07) is 15.1. The maximum atomic E-state index is 13.2. The lowest BCUT2D eigenvalue weighted by Gasteiger charge is -2.28. The number of amides is 1. The fraction of sp³-hybridized carbons (Fsp3) is 0.417. The second-order valence-corrected chi connectivity index (χ2v) is 11.6. The SMILES string of the molecule is CCCC(NC(=O)C(CS(=O)(=O)Cc1ccccc1)N(C)C)C(O)c1nc2ccccc2s1. The molecule has 1 heterocycles. The van der Waals surface area contributed by atoms with Crippen LogP contribution in [0.3, 0.4) is 0 Å². The summed E-state index contributed by atoms with van der Waals surface area (Å²) in [5, 5.41) is 14.4. The molecular formula is C24H31N3O4S2. The molecule has 3 aromatic rings. The summed E-state index contributed by atoms with van der Waals surface area (Å²) in [4.78, 5) is 19.3. The van der Waals surface area contributed by atoms with Crippen molar-refractivity contribution in [2.45, 2.75) is 43.7 Å². The van der Waals surface area contributed by atoms with Crippen molar-refractivity contribution in [2.24, 2.45) is 0 Å². The highest BCUT2D eigenvalue weighted by atomic mass is 32.2. The van der Waals surface area contributed by atoms with Crippen molar-refractivity contribution in [3.05, 3.63) is 65.2 Å². The molecule has 3 rings (SSSR count). The van der Waals surface area contributed by atoms with Crippen LogP contribution >= 0.6 is 11.3 Å². The van der Waals surface area contributed by atoms with Crippen molar-refractivity contribution in [1.82, 2.24) is 15.2 Å². The van der Waals surface area contributed by atoms with E-state index in [-0.39, 0.29) is 11.5 Å². The molecule has 2 N–H and O–H groups in total. The lowest BCUT2D eigenvalue weighted by atomic mass is 10.1. The van der Waals surface area contributed by atoms with Crippen LogP contribution in [0.5, 0.6) is 0 Å². The number of aliphatic hydroxyl groups is 1. The zero-order chi connectivity index (χ0) is 24.0. The molecule has 0 saturated heterocycles. The maximum Gasteiger partial charge on any atom is 0.238 e. The number of benzene rings is 2. The molecular weight excluding hydrogens is 458 g/mol. The topological polar surface area (TPSA) is 99.6 Å². The van der Waals surface area contributed by atoms with Crippen LogP contribution in [0.15, 0.2) is 54.6 Å². The molecule has 0 aliphatic rings. The van der Waals surface area contributed by atoms with Crippen LogP contribution in [0.1, 0.15) is 36.4 Å². The Labute approximate surface area is 199 Å². The van der Waals surface area contributed by atoms with Crippen LogP contribution in [-0.4, -0.2) is 61.2 Å². The summed E-state index contributed by atoms with van der Waals surface area (Å²) in [5.41, 5.74) is 1.49. The summed E-state index contributed by atoms with van der Waals surface area (Å²) in [6.07, 6.45) is 0.307. The molecule has 0 radical (unpaired) electrons. The number of nitrogens with one attached hydrogen (secondary N) is 1. The lowest BCUT2D eigenvalue weighted by molar-refractivity contribution is -0.126. The van der Waals surface area contributed by atoms with Gasteiger partial charge in [-0.05, 0) is 38.2 Å². The van der Waals surface area contributed by atoms with Gasteiger partial charge in [0.05, 0.1) is 27.8 Å². The number of carbonyl (C=O) groups excluding carboxylic acids is 1. The molecule has 0 spiro atoms. The van der Waals surface area contributed by atoms with Gasteiger partial charge in [-0.25, -0.2) is 13.4 Å². The highest BCUT2D eigenvalue weighted by molar-refractivity contribution is 7.90. The Kier molecular flexibility index (Phi) is 8.58. The third kappa shape index (κ3) is 6.83. The quantitative estimate of drug-likeness (QED) is 0.429. The van der Waals surface area contributed by atoms with E-state index in [1.165, 1.54) is 11.3 Å². The molecule has 9 heteroatoms. The van der Waals surface area contributed by atoms with Crippen LogP contribution in [0, 0.1) is 0 Å². The third-order valence-electron chi connectivity index (χ3n) is 5.44. The first-order valence-corrected chi connectivity index (χ1v) is 13.6. The molecule has 3 unspecified atom stereocenters. The fourth-order valence-electron chi connectivity index (χ4n) is 3.67. The largest absolute Gasteiger partial charge is 0.384 e. The van der Waals surface area contributed by atoms with Gasteiger partial charge in [0.25, 0.3) is 0 Å². The smallest absolute Gasteiger partial charge is 0.238 e. The van der Waals surface area contributed by atoms with E-state index in [2.05, 4.69) is 10.3 Å². The van der Waals surface area contributed by atoms with Crippen LogP contribution in [0.4, 0.5) is 0 Å². The number of likely N-dealkylation sites (N-methyl/N-ethyl adjacent to an activating group) is 1. The van der Waals surface area contributed by atoms with Crippen LogP contribution in [0.2, 0.25) is 0 Å². The van der Waals surface area contributed by atoms with Gasteiger partial charge in [-0.3, -0.25) is 9.69 Å². The Hall–Kier alpha value is -2.33. The molecule has 1 aromatic heterocycles. The van der Waals surface area contributed by atoms with Gasteiger partial charge in [0.1, 0.15) is 17.2 Å². The number of para-hydroxylation sites is 1. The van der Waals surface area contributed by atoms with Crippen LogP contribution in [0.25, 0.3) is 10.2 Å². The van der Waals surface area contributed by atoms with E-state index in [1.807, 2.05) is 37.3 Å².